The first-order valence-corrected chi connectivity index (χ1v) is 10.4. The zero-order valence-corrected chi connectivity index (χ0v) is 17.1. The highest BCUT2D eigenvalue weighted by atomic mass is 32.2. The molecular weight excluding hydrogens is 324 g/mol. The van der Waals surface area contributed by atoms with E-state index < -0.39 is 17.3 Å². The molecule has 1 unspecified atom stereocenters. The van der Waals surface area contributed by atoms with Gasteiger partial charge in [-0.1, -0.05) is 32.6 Å². The number of carbonyl (C=O) groups is 2. The van der Waals surface area contributed by atoms with Gasteiger partial charge < -0.3 is 9.84 Å². The fraction of sp³-hybridized carbons (Fsp3) is 0.895. The summed E-state index contributed by atoms with van der Waals surface area (Å²) in [5.41, 5.74) is -2.46. The first-order valence-electron chi connectivity index (χ1n) is 9.03. The number of hydrogen-bond donors (Lipinski definition) is 1. The van der Waals surface area contributed by atoms with Crippen molar-refractivity contribution in [1.29, 1.82) is 0 Å². The molecule has 0 aliphatic carbocycles. The van der Waals surface area contributed by atoms with Gasteiger partial charge in [0.1, 0.15) is 17.3 Å². The normalized spacial score (nSPS) is 13.8. The summed E-state index contributed by atoms with van der Waals surface area (Å²) < 4.78 is 5.90. The van der Waals surface area contributed by atoms with E-state index in [0.29, 0.717) is 12.8 Å². The molecule has 0 saturated heterocycles. The largest absolute Gasteiger partial charge is 0.383 e. The molecule has 1 atom stereocenters. The molecule has 0 bridgehead atoms. The summed E-state index contributed by atoms with van der Waals surface area (Å²) in [7, 11) is 0. The van der Waals surface area contributed by atoms with Gasteiger partial charge >= 0.3 is 0 Å². The zero-order valence-electron chi connectivity index (χ0n) is 16.3. The van der Waals surface area contributed by atoms with E-state index in [0.717, 1.165) is 25.0 Å². The highest BCUT2D eigenvalue weighted by Crippen LogP contribution is 2.23. The van der Waals surface area contributed by atoms with Crippen LogP contribution in [0.1, 0.15) is 79.6 Å². The zero-order chi connectivity index (χ0) is 18.8. The van der Waals surface area contributed by atoms with E-state index in [2.05, 4.69) is 6.92 Å². The van der Waals surface area contributed by atoms with Gasteiger partial charge in [0, 0.05) is 6.42 Å². The van der Waals surface area contributed by atoms with Crippen molar-refractivity contribution in [3.05, 3.63) is 0 Å². The van der Waals surface area contributed by atoms with Crippen LogP contribution in [0.4, 0.5) is 0 Å². The number of aliphatic hydroxyl groups is 1. The Morgan fingerprint density at radius 3 is 2.17 bits per heavy atom. The van der Waals surface area contributed by atoms with Gasteiger partial charge in [0.2, 0.25) is 0 Å². The third kappa shape index (κ3) is 9.19. The third-order valence-corrected chi connectivity index (χ3v) is 4.74. The van der Waals surface area contributed by atoms with Crippen molar-refractivity contribution >= 4 is 23.3 Å². The number of carbonyl (C=O) groups excluding carboxylic acids is 2. The summed E-state index contributed by atoms with van der Waals surface area (Å²) in [5, 5.41) is 9.99. The molecule has 4 nitrogen and oxygen atoms in total. The second-order valence-electron chi connectivity index (χ2n) is 7.41. The van der Waals surface area contributed by atoms with Gasteiger partial charge in [0.15, 0.2) is 11.6 Å². The van der Waals surface area contributed by atoms with Crippen molar-refractivity contribution in [3.63, 3.8) is 0 Å². The van der Waals surface area contributed by atoms with Gasteiger partial charge in [-0.3, -0.25) is 9.59 Å². The van der Waals surface area contributed by atoms with E-state index in [-0.39, 0.29) is 11.6 Å². The Hall–Kier alpha value is -0.390. The van der Waals surface area contributed by atoms with Crippen molar-refractivity contribution in [2.24, 2.45) is 0 Å². The van der Waals surface area contributed by atoms with Gasteiger partial charge in [0.05, 0.1) is 0 Å². The molecule has 0 aromatic carbocycles. The van der Waals surface area contributed by atoms with Crippen LogP contribution in [0.2, 0.25) is 0 Å². The lowest BCUT2D eigenvalue weighted by Crippen LogP contribution is -2.47. The average molecular weight is 361 g/mol. The third-order valence-electron chi connectivity index (χ3n) is 4.10. The molecule has 5 heteroatoms. The first-order chi connectivity index (χ1) is 11.1. The van der Waals surface area contributed by atoms with E-state index in [4.69, 9.17) is 4.74 Å². The molecule has 142 valence electrons. The van der Waals surface area contributed by atoms with Crippen LogP contribution in [0.5, 0.6) is 0 Å². The Morgan fingerprint density at radius 2 is 1.67 bits per heavy atom. The number of rotatable bonds is 14. The minimum atomic E-state index is -1.46. The minimum absolute atomic E-state index is 0.0247. The van der Waals surface area contributed by atoms with Gasteiger partial charge in [-0.15, -0.1) is 0 Å². The highest BCUT2D eigenvalue weighted by molar-refractivity contribution is 7.98. The van der Waals surface area contributed by atoms with Crippen LogP contribution in [-0.4, -0.2) is 46.0 Å². The van der Waals surface area contributed by atoms with Gasteiger partial charge in [-0.2, -0.15) is 11.8 Å². The topological polar surface area (TPSA) is 63.6 Å². The van der Waals surface area contributed by atoms with Gasteiger partial charge in [-0.25, -0.2) is 0 Å². The molecule has 1 N–H and O–H groups in total. The minimum Gasteiger partial charge on any atom is -0.383 e. The van der Waals surface area contributed by atoms with E-state index in [1.54, 1.807) is 25.6 Å². The summed E-state index contributed by atoms with van der Waals surface area (Å²) in [6.07, 6.45) is 7.62. The summed E-state index contributed by atoms with van der Waals surface area (Å²) in [6, 6.07) is 0. The fourth-order valence-corrected chi connectivity index (χ4v) is 2.92. The van der Waals surface area contributed by atoms with Crippen LogP contribution in [0.3, 0.4) is 0 Å². The SMILES string of the molecule is CCCCCCCC(=O)C(C)(C)OC(CCSC)C(=O)C(C)(C)O. The number of unbranched alkanes of at least 4 members (excludes halogenated alkanes) is 4. The molecule has 0 spiro atoms. The Labute approximate surface area is 152 Å². The molecule has 0 aromatic heterocycles. The molecule has 0 aliphatic heterocycles. The van der Waals surface area contributed by atoms with E-state index >= 15 is 0 Å². The highest BCUT2D eigenvalue weighted by Gasteiger charge is 2.38. The lowest BCUT2D eigenvalue weighted by molar-refractivity contribution is -0.164. The monoisotopic (exact) mass is 360 g/mol. The first kappa shape index (κ1) is 23.6. The molecule has 0 fully saturated rings. The lowest BCUT2D eigenvalue weighted by atomic mass is 9.94. The van der Waals surface area contributed by atoms with Crippen LogP contribution in [0.25, 0.3) is 0 Å². The van der Waals surface area contributed by atoms with Gasteiger partial charge in [-0.05, 0) is 52.5 Å². The number of Topliss-reactive ketones (excluding diaryl/α,β-unsaturated/α-hetero) is 2. The Kier molecular flexibility index (Phi) is 11.1. The summed E-state index contributed by atoms with van der Waals surface area (Å²) >= 11 is 1.62. The molecule has 0 saturated carbocycles. The average Bonchev–Trinajstić information content (AvgIpc) is 2.49. The van der Waals surface area contributed by atoms with Crippen LogP contribution in [0.15, 0.2) is 0 Å². The molecular formula is C19H36O4S. The molecule has 0 aliphatic rings. The fourth-order valence-electron chi connectivity index (χ4n) is 2.47. The van der Waals surface area contributed by atoms with Crippen LogP contribution >= 0.6 is 11.8 Å². The Morgan fingerprint density at radius 1 is 1.08 bits per heavy atom. The molecule has 0 aromatic rings. The maximum absolute atomic E-state index is 12.5. The standard InChI is InChI=1S/C19H36O4S/c1-7-8-9-10-11-12-16(20)19(4,5)23-15(13-14-24-6)17(21)18(2,3)22/h15,22H,7-14H2,1-6H3. The second kappa shape index (κ2) is 11.3. The maximum atomic E-state index is 12.5. The van der Waals surface area contributed by atoms with E-state index in [9.17, 15) is 14.7 Å². The van der Waals surface area contributed by atoms with Gasteiger partial charge in [0.25, 0.3) is 0 Å². The van der Waals surface area contributed by atoms with E-state index in [1.165, 1.54) is 26.7 Å². The van der Waals surface area contributed by atoms with E-state index in [1.807, 2.05) is 6.26 Å². The molecule has 0 amide bonds. The Balaban J connectivity index is 4.71. The molecule has 0 rings (SSSR count). The summed E-state index contributed by atoms with van der Waals surface area (Å²) in [4.78, 5) is 24.9. The maximum Gasteiger partial charge on any atom is 0.192 e. The van der Waals surface area contributed by atoms with Crippen molar-refractivity contribution < 1.29 is 19.4 Å². The molecule has 24 heavy (non-hydrogen) atoms. The van der Waals surface area contributed by atoms with Crippen LogP contribution in [-0.2, 0) is 14.3 Å². The summed E-state index contributed by atoms with van der Waals surface area (Å²) in [5.74, 6) is 0.408. The van der Waals surface area contributed by atoms with Crippen molar-refractivity contribution in [2.45, 2.75) is 96.9 Å². The molecule has 0 radical (unpaired) electrons. The van der Waals surface area contributed by atoms with Crippen LogP contribution < -0.4 is 0 Å². The predicted molar refractivity (Wildman–Crippen MR) is 102 cm³/mol. The lowest BCUT2D eigenvalue weighted by Gasteiger charge is -2.31. The van der Waals surface area contributed by atoms with Crippen molar-refractivity contribution in [1.82, 2.24) is 0 Å². The van der Waals surface area contributed by atoms with Crippen LogP contribution in [0, 0.1) is 0 Å². The Bertz CT molecular complexity index is 385. The second-order valence-corrected chi connectivity index (χ2v) is 8.39. The number of thioether (sulfide) groups is 1. The molecule has 0 heterocycles. The predicted octanol–water partition coefficient (Wildman–Crippen LogP) is 4.17. The smallest absolute Gasteiger partial charge is 0.192 e. The number of hydrogen-bond acceptors (Lipinski definition) is 5. The number of ether oxygens (including phenoxy) is 1. The summed E-state index contributed by atoms with van der Waals surface area (Å²) in [6.45, 7) is 8.55. The quantitative estimate of drug-likeness (QED) is 0.471. The van der Waals surface area contributed by atoms with Crippen molar-refractivity contribution in [3.8, 4) is 0 Å². The number of ketones is 2. The van der Waals surface area contributed by atoms with Crippen molar-refractivity contribution in [2.75, 3.05) is 12.0 Å².